The van der Waals surface area contributed by atoms with Crippen molar-refractivity contribution in [2.75, 3.05) is 27.7 Å². The van der Waals surface area contributed by atoms with Crippen LogP contribution >= 0.6 is 11.6 Å². The smallest absolute Gasteiger partial charge is 0.188 e. The van der Waals surface area contributed by atoms with Gasteiger partial charge < -0.3 is 14.2 Å². The molecule has 0 fully saturated rings. The highest BCUT2D eigenvalue weighted by Gasteiger charge is 2.18. The molecule has 2 aromatic rings. The number of ether oxygens (including phenoxy) is 1. The minimum Gasteiger partial charge on any atom is -0.497 e. The zero-order valence-corrected chi connectivity index (χ0v) is 17.0. The second-order valence-electron chi connectivity index (χ2n) is 7.21. The number of hydrogen-bond donors (Lipinski definition) is 0. The second kappa shape index (κ2) is 7.41. The topological polar surface area (TPSA) is 47.4 Å². The molecule has 0 spiro atoms. The van der Waals surface area contributed by atoms with Gasteiger partial charge in [0.25, 0.3) is 0 Å². The lowest BCUT2D eigenvalue weighted by Gasteiger charge is -2.21. The van der Waals surface area contributed by atoms with Crippen LogP contribution in [0.3, 0.4) is 0 Å². The third-order valence-corrected chi connectivity index (χ3v) is 5.23. The van der Waals surface area contributed by atoms with Crippen molar-refractivity contribution >= 4 is 33.4 Å². The molecule has 0 saturated carbocycles. The van der Waals surface area contributed by atoms with E-state index in [1.54, 1.807) is 19.2 Å². The second-order valence-corrected chi connectivity index (χ2v) is 7.64. The Balaban J connectivity index is 2.03. The summed E-state index contributed by atoms with van der Waals surface area (Å²) in [7, 11) is 5.72. The number of aryl methyl sites for hydroxylation is 1. The van der Waals surface area contributed by atoms with Gasteiger partial charge in [-0.05, 0) is 63.5 Å². The number of halogens is 1. The fourth-order valence-corrected chi connectivity index (χ4v) is 3.81. The van der Waals surface area contributed by atoms with E-state index in [0.717, 1.165) is 47.3 Å². The molecule has 6 heteroatoms. The highest BCUT2D eigenvalue weighted by Crippen LogP contribution is 2.32. The first kappa shape index (κ1) is 18.7. The van der Waals surface area contributed by atoms with E-state index in [2.05, 4.69) is 23.6 Å². The quantitative estimate of drug-likeness (QED) is 0.374. The Kier molecular flexibility index (Phi) is 4.96. The molecule has 0 amide bonds. The summed E-state index contributed by atoms with van der Waals surface area (Å²) in [6.07, 6.45) is 0.962. The maximum atomic E-state index is 12.9. The van der Waals surface area contributed by atoms with Crippen LogP contribution < -0.4 is 10.2 Å². The number of hydrogen-bond acceptors (Lipinski definition) is 4. The maximum absolute atomic E-state index is 12.9. The van der Waals surface area contributed by atoms with E-state index >= 15 is 0 Å². The van der Waals surface area contributed by atoms with Crippen LogP contribution in [0.5, 0.6) is 5.75 Å². The zero-order valence-electron chi connectivity index (χ0n) is 16.2. The van der Waals surface area contributed by atoms with Crippen LogP contribution in [0.1, 0.15) is 6.42 Å². The minimum atomic E-state index is -0.0297. The molecule has 1 aliphatic carbocycles. The lowest BCUT2D eigenvalue weighted by molar-refractivity contribution is 0.388. The van der Waals surface area contributed by atoms with Gasteiger partial charge in [0.05, 0.1) is 29.5 Å². The summed E-state index contributed by atoms with van der Waals surface area (Å²) in [5.74, 6) is 0.659. The van der Waals surface area contributed by atoms with E-state index in [4.69, 9.17) is 21.3 Å². The highest BCUT2D eigenvalue weighted by molar-refractivity contribution is 6.31. The molecule has 1 aliphatic heterocycles. The predicted molar refractivity (Wildman–Crippen MR) is 115 cm³/mol. The molecule has 5 nitrogen and oxygen atoms in total. The molecule has 0 unspecified atom stereocenters. The van der Waals surface area contributed by atoms with Gasteiger partial charge in [0.2, 0.25) is 0 Å². The van der Waals surface area contributed by atoms with Gasteiger partial charge in [-0.1, -0.05) is 11.6 Å². The summed E-state index contributed by atoms with van der Waals surface area (Å²) in [6.45, 7) is 1.75. The van der Waals surface area contributed by atoms with Crippen LogP contribution in [0.25, 0.3) is 33.2 Å². The Morgan fingerprint density at radius 2 is 1.93 bits per heavy atom. The summed E-state index contributed by atoms with van der Waals surface area (Å²) < 4.78 is 7.47. The number of methoxy groups -OCH3 is 1. The van der Waals surface area contributed by atoms with Crippen molar-refractivity contribution < 1.29 is 4.74 Å². The summed E-state index contributed by atoms with van der Waals surface area (Å²) in [6, 6.07) is 12.9. The first-order chi connectivity index (χ1) is 13.5. The Morgan fingerprint density at radius 1 is 1.11 bits per heavy atom. The summed E-state index contributed by atoms with van der Waals surface area (Å²) >= 11 is 6.23. The van der Waals surface area contributed by atoms with E-state index < -0.39 is 0 Å². The molecule has 0 atom stereocenters. The van der Waals surface area contributed by atoms with Gasteiger partial charge >= 0.3 is 0 Å². The van der Waals surface area contributed by atoms with Gasteiger partial charge in [-0.2, -0.15) is 0 Å². The summed E-state index contributed by atoms with van der Waals surface area (Å²) in [5, 5.41) is 2.08. The van der Waals surface area contributed by atoms with Crippen molar-refractivity contribution in [3.05, 3.63) is 57.7 Å². The third kappa shape index (κ3) is 3.32. The van der Waals surface area contributed by atoms with E-state index in [-0.39, 0.29) is 5.43 Å². The molecule has 1 heterocycles. The molecule has 0 saturated heterocycles. The van der Waals surface area contributed by atoms with Crippen molar-refractivity contribution in [3.8, 4) is 17.1 Å². The van der Waals surface area contributed by atoms with Crippen molar-refractivity contribution in [1.29, 1.82) is 0 Å². The van der Waals surface area contributed by atoms with Crippen LogP contribution in [0, 0.1) is 0 Å². The van der Waals surface area contributed by atoms with Crippen molar-refractivity contribution in [2.24, 2.45) is 0 Å². The Hall–Kier alpha value is -2.63. The average molecular weight is 396 g/mol. The summed E-state index contributed by atoms with van der Waals surface area (Å²) in [4.78, 5) is 19.9. The lowest BCUT2D eigenvalue weighted by atomic mass is 10.0. The first-order valence-corrected chi connectivity index (χ1v) is 9.61. The molecule has 4 rings (SSSR count). The van der Waals surface area contributed by atoms with Crippen molar-refractivity contribution in [1.82, 2.24) is 14.5 Å². The van der Waals surface area contributed by atoms with Gasteiger partial charge in [0.15, 0.2) is 5.43 Å². The molecule has 0 radical (unpaired) electrons. The molecule has 28 heavy (non-hydrogen) atoms. The number of aromatic nitrogens is 2. The molecule has 0 N–H and O–H groups in total. The monoisotopic (exact) mass is 395 g/mol. The van der Waals surface area contributed by atoms with Crippen LogP contribution in [-0.2, 0) is 6.54 Å². The molecule has 2 aromatic carbocycles. The molecular weight excluding hydrogens is 374 g/mol. The van der Waals surface area contributed by atoms with E-state index in [0.29, 0.717) is 16.2 Å². The van der Waals surface area contributed by atoms with E-state index in [9.17, 15) is 4.79 Å². The molecule has 0 aromatic heterocycles. The predicted octanol–water partition coefficient (Wildman–Crippen LogP) is 4.27. The number of fused-ring (bicyclic) bond motifs is 4. The Bertz CT molecular complexity index is 1200. The van der Waals surface area contributed by atoms with Gasteiger partial charge in [-0.3, -0.25) is 4.79 Å². The zero-order chi connectivity index (χ0) is 19.8. The van der Waals surface area contributed by atoms with Crippen LogP contribution in [0.15, 0.2) is 47.3 Å². The largest absolute Gasteiger partial charge is 0.497 e. The van der Waals surface area contributed by atoms with E-state index in [1.807, 2.05) is 30.3 Å². The Morgan fingerprint density at radius 3 is 2.68 bits per heavy atom. The van der Waals surface area contributed by atoms with Crippen LogP contribution in [0.4, 0.5) is 0 Å². The summed E-state index contributed by atoms with van der Waals surface area (Å²) in [5.41, 5.74) is 3.41. The molecule has 2 aliphatic rings. The van der Waals surface area contributed by atoms with Crippen molar-refractivity contribution in [3.63, 3.8) is 0 Å². The van der Waals surface area contributed by atoms with Gasteiger partial charge in [-0.15, -0.1) is 0 Å². The third-order valence-electron chi connectivity index (χ3n) is 5.00. The molecule has 0 bridgehead atoms. The lowest BCUT2D eigenvalue weighted by Crippen LogP contribution is -2.17. The van der Waals surface area contributed by atoms with Crippen molar-refractivity contribution in [2.45, 2.75) is 13.0 Å². The van der Waals surface area contributed by atoms with E-state index in [1.165, 1.54) is 0 Å². The van der Waals surface area contributed by atoms with Gasteiger partial charge in [0, 0.05) is 28.4 Å². The van der Waals surface area contributed by atoms with Crippen LogP contribution in [0.2, 0.25) is 5.02 Å². The van der Waals surface area contributed by atoms with Gasteiger partial charge in [-0.25, -0.2) is 4.98 Å². The minimum absolute atomic E-state index is 0.0297. The molecular formula is C22H22ClN3O2. The standard InChI is InChI=1S/C22H22ClN3O2/c1-25(2)9-4-10-26-19-8-5-14(23)11-18(19)24-22-16-7-6-15(28-3)12-17(16)21(27)13-20(22)26/h5-8,11-13H,4,9-10H2,1-3H3. The number of benzene rings is 3. The molecule has 144 valence electrons. The SMILES string of the molecule is COc1ccc2c3nc4cc(Cl)ccc4n(CCCN(C)C)c-3cc(=O)c2c1. The fourth-order valence-electron chi connectivity index (χ4n) is 3.64. The number of nitrogens with zero attached hydrogens (tertiary/aromatic N) is 3. The normalized spacial score (nSPS) is 11.8. The highest BCUT2D eigenvalue weighted by atomic mass is 35.5. The first-order valence-electron chi connectivity index (χ1n) is 9.23. The maximum Gasteiger partial charge on any atom is 0.188 e. The van der Waals surface area contributed by atoms with Crippen LogP contribution in [-0.4, -0.2) is 42.2 Å². The Labute approximate surface area is 168 Å². The average Bonchev–Trinajstić information content (AvgIpc) is 2.67. The number of rotatable bonds is 5. The fraction of sp³-hybridized carbons (Fsp3) is 0.273. The van der Waals surface area contributed by atoms with Gasteiger partial charge in [0.1, 0.15) is 5.75 Å².